The quantitative estimate of drug-likeness (QED) is 0.468. The number of alkyl halides is 2. The van der Waals surface area contributed by atoms with Gasteiger partial charge in [-0.05, 0) is 6.07 Å². The third kappa shape index (κ3) is 3.28. The van der Waals surface area contributed by atoms with Crippen LogP contribution in [-0.2, 0) is 4.79 Å². The van der Waals surface area contributed by atoms with E-state index in [4.69, 9.17) is 4.74 Å². The zero-order chi connectivity index (χ0) is 19.8. The maximum absolute atomic E-state index is 14.6. The van der Waals surface area contributed by atoms with E-state index in [2.05, 4.69) is 4.98 Å². The van der Waals surface area contributed by atoms with Gasteiger partial charge in [-0.1, -0.05) is 0 Å². The summed E-state index contributed by atoms with van der Waals surface area (Å²) in [6, 6.07) is 4.41. The first-order valence-corrected chi connectivity index (χ1v) is 8.58. The van der Waals surface area contributed by atoms with Crippen LogP contribution in [0.4, 0.5) is 23.2 Å². The third-order valence-corrected chi connectivity index (χ3v) is 4.60. The predicted octanol–water partition coefficient (Wildman–Crippen LogP) is 4.12. The van der Waals surface area contributed by atoms with E-state index < -0.39 is 30.5 Å². The summed E-state index contributed by atoms with van der Waals surface area (Å²) in [5.41, 5.74) is 0.819. The Kier molecular flexibility index (Phi) is 4.66. The van der Waals surface area contributed by atoms with Crippen molar-refractivity contribution < 1.29 is 27.1 Å². The van der Waals surface area contributed by atoms with E-state index in [0.717, 1.165) is 12.1 Å². The van der Waals surface area contributed by atoms with Crippen LogP contribution in [0.25, 0.3) is 5.65 Å². The van der Waals surface area contributed by atoms with Gasteiger partial charge in [-0.25, -0.2) is 22.5 Å². The number of nitrogens with zero attached hydrogens (tertiary/aromatic N) is 3. The fourth-order valence-electron chi connectivity index (χ4n) is 3.25. The van der Waals surface area contributed by atoms with Crippen LogP contribution in [0.5, 0.6) is 5.75 Å². The normalized spacial score (nSPS) is 16.7. The Labute approximate surface area is 157 Å². The monoisotopic (exact) mass is 393 g/mol. The highest BCUT2D eigenvalue weighted by Gasteiger charge is 2.41. The smallest absolute Gasteiger partial charge is 0.241 e. The van der Waals surface area contributed by atoms with Gasteiger partial charge in [0.05, 0.1) is 19.1 Å². The molecule has 0 saturated carbocycles. The molecule has 28 heavy (non-hydrogen) atoms. The van der Waals surface area contributed by atoms with Gasteiger partial charge in [0, 0.05) is 54.5 Å². The van der Waals surface area contributed by atoms with Crippen LogP contribution < -0.4 is 9.64 Å². The lowest BCUT2D eigenvalue weighted by molar-refractivity contribution is -0.124. The second-order valence-corrected chi connectivity index (χ2v) is 6.39. The number of amides is 1. The summed E-state index contributed by atoms with van der Waals surface area (Å²) in [4.78, 5) is 17.6. The van der Waals surface area contributed by atoms with Crippen molar-refractivity contribution in [2.24, 2.45) is 0 Å². The summed E-state index contributed by atoms with van der Waals surface area (Å²) in [5.74, 6) is -2.22. The molecule has 2 aromatic heterocycles. The van der Waals surface area contributed by atoms with E-state index in [-0.39, 0.29) is 30.2 Å². The van der Waals surface area contributed by atoms with Gasteiger partial charge in [-0.15, -0.1) is 0 Å². The second kappa shape index (κ2) is 7.14. The summed E-state index contributed by atoms with van der Waals surface area (Å²) in [7, 11) is 0. The molecular weight excluding hydrogens is 378 g/mol. The Bertz CT molecular complexity index is 1010. The Morgan fingerprint density at radius 1 is 1.18 bits per heavy atom. The molecular formula is C19H15F4N3O2. The first kappa shape index (κ1) is 18.3. The first-order chi connectivity index (χ1) is 13.4. The summed E-state index contributed by atoms with van der Waals surface area (Å²) in [6.45, 7) is -0.353. The molecule has 1 aliphatic rings. The number of halogens is 4. The SMILES string of the molecule is O=C1C[C@H](c2c(F)cc(OCCC(F)F)cc2F)N1c1ccn2ccnc2c1. The molecule has 1 atom stereocenters. The maximum Gasteiger partial charge on any atom is 0.241 e. The number of fused-ring (bicyclic) bond motifs is 1. The number of carbonyl (C=O) groups is 1. The Hall–Kier alpha value is -3.10. The maximum atomic E-state index is 14.6. The lowest BCUT2D eigenvalue weighted by Crippen LogP contribution is -2.47. The molecule has 3 heterocycles. The fourth-order valence-corrected chi connectivity index (χ4v) is 3.25. The number of hydrogen-bond donors (Lipinski definition) is 0. The Balaban J connectivity index is 1.60. The average Bonchev–Trinajstić information content (AvgIpc) is 3.08. The zero-order valence-electron chi connectivity index (χ0n) is 14.5. The highest BCUT2D eigenvalue weighted by molar-refractivity contribution is 6.01. The minimum atomic E-state index is -2.56. The van der Waals surface area contributed by atoms with Gasteiger partial charge in [0.15, 0.2) is 0 Å². The topological polar surface area (TPSA) is 46.8 Å². The molecule has 5 nitrogen and oxygen atoms in total. The van der Waals surface area contributed by atoms with Crippen LogP contribution in [0, 0.1) is 11.6 Å². The molecule has 3 aromatic rings. The summed E-state index contributed by atoms with van der Waals surface area (Å²) < 4.78 is 60.2. The number of aromatic nitrogens is 2. The van der Waals surface area contributed by atoms with Crippen LogP contribution in [0.1, 0.15) is 24.4 Å². The van der Waals surface area contributed by atoms with Crippen LogP contribution in [0.2, 0.25) is 0 Å². The number of benzene rings is 1. The molecule has 1 amide bonds. The molecule has 0 N–H and O–H groups in total. The molecule has 1 aliphatic heterocycles. The van der Waals surface area contributed by atoms with Crippen LogP contribution in [0.3, 0.4) is 0 Å². The van der Waals surface area contributed by atoms with E-state index in [1.54, 1.807) is 35.1 Å². The molecule has 1 saturated heterocycles. The molecule has 146 valence electrons. The van der Waals surface area contributed by atoms with E-state index >= 15 is 0 Å². The van der Waals surface area contributed by atoms with Gasteiger partial charge in [-0.2, -0.15) is 0 Å². The number of rotatable bonds is 6. The molecule has 0 aliphatic carbocycles. The molecule has 0 unspecified atom stereocenters. The number of imidazole rings is 1. The zero-order valence-corrected chi connectivity index (χ0v) is 14.5. The van der Waals surface area contributed by atoms with Crippen molar-refractivity contribution in [2.75, 3.05) is 11.5 Å². The average molecular weight is 393 g/mol. The summed E-state index contributed by atoms with van der Waals surface area (Å²) in [5, 5.41) is 0. The van der Waals surface area contributed by atoms with Crippen molar-refractivity contribution >= 4 is 17.2 Å². The highest BCUT2D eigenvalue weighted by Crippen LogP contribution is 2.41. The minimum absolute atomic E-state index is 0.0426. The molecule has 0 radical (unpaired) electrons. The summed E-state index contributed by atoms with van der Waals surface area (Å²) >= 11 is 0. The van der Waals surface area contributed by atoms with Gasteiger partial charge < -0.3 is 14.0 Å². The standard InChI is InChI=1S/C19H15F4N3O2/c20-13-8-12(28-6-2-16(22)23)9-14(21)19(13)15-10-18(27)26(15)11-1-4-25-5-3-24-17(25)7-11/h1,3-5,7-9,15-16H,2,6,10H2/t15-/m1/s1. The molecule has 0 spiro atoms. The Morgan fingerprint density at radius 2 is 1.93 bits per heavy atom. The van der Waals surface area contributed by atoms with E-state index in [1.807, 2.05) is 0 Å². The largest absolute Gasteiger partial charge is 0.493 e. The van der Waals surface area contributed by atoms with E-state index in [9.17, 15) is 22.4 Å². The van der Waals surface area contributed by atoms with Crippen molar-refractivity contribution in [3.63, 3.8) is 0 Å². The van der Waals surface area contributed by atoms with Crippen molar-refractivity contribution in [2.45, 2.75) is 25.3 Å². The second-order valence-electron chi connectivity index (χ2n) is 6.39. The lowest BCUT2D eigenvalue weighted by atomic mass is 9.92. The van der Waals surface area contributed by atoms with Gasteiger partial charge in [0.25, 0.3) is 0 Å². The van der Waals surface area contributed by atoms with E-state index in [1.165, 1.54) is 4.90 Å². The fraction of sp³-hybridized carbons (Fsp3) is 0.263. The molecule has 1 fully saturated rings. The molecule has 1 aromatic carbocycles. The molecule has 4 rings (SSSR count). The lowest BCUT2D eigenvalue weighted by Gasteiger charge is -2.40. The van der Waals surface area contributed by atoms with Crippen LogP contribution in [0.15, 0.2) is 42.9 Å². The van der Waals surface area contributed by atoms with Crippen molar-refractivity contribution in [1.29, 1.82) is 0 Å². The van der Waals surface area contributed by atoms with Gasteiger partial charge >= 0.3 is 0 Å². The first-order valence-electron chi connectivity index (χ1n) is 8.58. The molecule has 0 bridgehead atoms. The van der Waals surface area contributed by atoms with Gasteiger partial charge in [0.2, 0.25) is 12.3 Å². The number of anilines is 1. The molecule has 9 heteroatoms. The summed E-state index contributed by atoms with van der Waals surface area (Å²) in [6.07, 6.45) is 1.90. The van der Waals surface area contributed by atoms with Crippen molar-refractivity contribution in [3.8, 4) is 5.75 Å². The number of ether oxygens (including phenoxy) is 1. The minimum Gasteiger partial charge on any atom is -0.493 e. The van der Waals surface area contributed by atoms with Crippen LogP contribution in [-0.4, -0.2) is 28.3 Å². The van der Waals surface area contributed by atoms with E-state index in [0.29, 0.717) is 11.3 Å². The van der Waals surface area contributed by atoms with Crippen molar-refractivity contribution in [1.82, 2.24) is 9.38 Å². The van der Waals surface area contributed by atoms with Gasteiger partial charge in [0.1, 0.15) is 23.0 Å². The van der Waals surface area contributed by atoms with Gasteiger partial charge in [-0.3, -0.25) is 4.79 Å². The van der Waals surface area contributed by atoms with Crippen LogP contribution >= 0.6 is 0 Å². The van der Waals surface area contributed by atoms with Crippen molar-refractivity contribution in [3.05, 3.63) is 60.1 Å². The number of carbonyl (C=O) groups excluding carboxylic acids is 1. The predicted molar refractivity (Wildman–Crippen MR) is 92.5 cm³/mol. The number of hydrogen-bond acceptors (Lipinski definition) is 3. The third-order valence-electron chi connectivity index (χ3n) is 4.60. The number of β-lactam (4-membered cyclic amide) rings is 1. The number of pyridine rings is 1. The highest BCUT2D eigenvalue weighted by atomic mass is 19.3. The Morgan fingerprint density at radius 3 is 2.61 bits per heavy atom.